The highest BCUT2D eigenvalue weighted by Gasteiger charge is 2.27. The molecule has 0 atom stereocenters. The Balaban J connectivity index is 1.97. The highest BCUT2D eigenvalue weighted by Crippen LogP contribution is 2.37. The van der Waals surface area contributed by atoms with Gasteiger partial charge in [-0.05, 0) is 19.3 Å². The molecule has 1 aromatic rings. The fraction of sp³-hybridized carbons (Fsp3) is 0.667. The van der Waals surface area contributed by atoms with E-state index in [0.717, 1.165) is 25.1 Å². The summed E-state index contributed by atoms with van der Waals surface area (Å²) in [7, 11) is 0. The molecular formula is C9H14N4O. The quantitative estimate of drug-likeness (QED) is 0.745. The van der Waals surface area contributed by atoms with Crippen LogP contribution in [-0.2, 0) is 0 Å². The standard InChI is InChI=1S/C9H14N4O/c1-2-5-10-9(14)8-11-7(12-13-8)6-3-4-6/h6H,2-5H2,1H3,(H,10,14)(H,11,12,13). The molecule has 0 saturated heterocycles. The van der Waals surface area contributed by atoms with Gasteiger partial charge < -0.3 is 5.32 Å². The Morgan fingerprint density at radius 2 is 2.43 bits per heavy atom. The normalized spacial score (nSPS) is 15.5. The minimum atomic E-state index is -0.185. The zero-order valence-corrected chi connectivity index (χ0v) is 8.21. The number of aromatic amines is 1. The summed E-state index contributed by atoms with van der Waals surface area (Å²) in [6.07, 6.45) is 3.24. The van der Waals surface area contributed by atoms with Crippen molar-refractivity contribution in [3.05, 3.63) is 11.6 Å². The van der Waals surface area contributed by atoms with Crippen molar-refractivity contribution in [1.29, 1.82) is 0 Å². The van der Waals surface area contributed by atoms with E-state index in [0.29, 0.717) is 12.5 Å². The summed E-state index contributed by atoms with van der Waals surface area (Å²) in [4.78, 5) is 15.6. The number of nitrogens with zero attached hydrogens (tertiary/aromatic N) is 2. The Hall–Kier alpha value is -1.39. The fourth-order valence-electron chi connectivity index (χ4n) is 1.23. The molecule has 0 spiro atoms. The number of hydrogen-bond acceptors (Lipinski definition) is 3. The van der Waals surface area contributed by atoms with Crippen LogP contribution in [0, 0.1) is 0 Å². The zero-order chi connectivity index (χ0) is 9.97. The summed E-state index contributed by atoms with van der Waals surface area (Å²) in [6, 6.07) is 0. The van der Waals surface area contributed by atoms with Crippen molar-refractivity contribution in [2.24, 2.45) is 0 Å². The van der Waals surface area contributed by atoms with Crippen molar-refractivity contribution < 1.29 is 4.79 Å². The number of nitrogens with one attached hydrogen (secondary N) is 2. The van der Waals surface area contributed by atoms with E-state index < -0.39 is 0 Å². The molecule has 1 aliphatic rings. The third-order valence-electron chi connectivity index (χ3n) is 2.21. The van der Waals surface area contributed by atoms with Gasteiger partial charge in [-0.1, -0.05) is 6.92 Å². The highest BCUT2D eigenvalue weighted by molar-refractivity contribution is 5.90. The van der Waals surface area contributed by atoms with E-state index in [2.05, 4.69) is 20.5 Å². The minimum Gasteiger partial charge on any atom is -0.349 e. The number of hydrogen-bond donors (Lipinski definition) is 2. The Labute approximate surface area is 82.3 Å². The number of H-pyrrole nitrogens is 1. The van der Waals surface area contributed by atoms with Crippen LogP contribution in [0.5, 0.6) is 0 Å². The highest BCUT2D eigenvalue weighted by atomic mass is 16.2. The van der Waals surface area contributed by atoms with E-state index in [9.17, 15) is 4.79 Å². The summed E-state index contributed by atoms with van der Waals surface area (Å²) >= 11 is 0. The molecule has 2 rings (SSSR count). The van der Waals surface area contributed by atoms with Crippen LogP contribution in [0.15, 0.2) is 0 Å². The second-order valence-corrected chi connectivity index (χ2v) is 3.57. The largest absolute Gasteiger partial charge is 0.349 e. The summed E-state index contributed by atoms with van der Waals surface area (Å²) < 4.78 is 0. The molecule has 1 saturated carbocycles. The molecular weight excluding hydrogens is 180 g/mol. The molecule has 1 amide bonds. The Kier molecular flexibility index (Phi) is 2.47. The molecule has 76 valence electrons. The summed E-state index contributed by atoms with van der Waals surface area (Å²) in [5.41, 5.74) is 0. The molecule has 5 nitrogen and oxygen atoms in total. The van der Waals surface area contributed by atoms with E-state index in [-0.39, 0.29) is 11.7 Å². The topological polar surface area (TPSA) is 70.7 Å². The molecule has 0 unspecified atom stereocenters. The SMILES string of the molecule is CCCNC(=O)c1n[nH]c(C2CC2)n1. The fourth-order valence-corrected chi connectivity index (χ4v) is 1.23. The second kappa shape index (κ2) is 3.77. The molecule has 2 N–H and O–H groups in total. The number of aromatic nitrogens is 3. The van der Waals surface area contributed by atoms with Crippen LogP contribution in [0.4, 0.5) is 0 Å². The van der Waals surface area contributed by atoms with E-state index in [1.54, 1.807) is 0 Å². The van der Waals surface area contributed by atoms with Gasteiger partial charge in [0.1, 0.15) is 5.82 Å². The molecule has 14 heavy (non-hydrogen) atoms. The molecule has 0 radical (unpaired) electrons. The van der Waals surface area contributed by atoms with Crippen LogP contribution >= 0.6 is 0 Å². The smallest absolute Gasteiger partial charge is 0.290 e. The van der Waals surface area contributed by atoms with Crippen LogP contribution in [0.25, 0.3) is 0 Å². The summed E-state index contributed by atoms with van der Waals surface area (Å²) in [6.45, 7) is 2.68. The van der Waals surface area contributed by atoms with Gasteiger partial charge in [0, 0.05) is 12.5 Å². The van der Waals surface area contributed by atoms with Gasteiger partial charge in [-0.15, -0.1) is 5.10 Å². The first-order valence-corrected chi connectivity index (χ1v) is 5.01. The predicted molar refractivity (Wildman–Crippen MR) is 51.0 cm³/mol. The Bertz CT molecular complexity index is 329. The third kappa shape index (κ3) is 1.92. The van der Waals surface area contributed by atoms with Gasteiger partial charge in [-0.2, -0.15) is 0 Å². The second-order valence-electron chi connectivity index (χ2n) is 3.57. The number of rotatable bonds is 4. The van der Waals surface area contributed by atoms with Crippen molar-refractivity contribution >= 4 is 5.91 Å². The first-order valence-electron chi connectivity index (χ1n) is 5.01. The van der Waals surface area contributed by atoms with Gasteiger partial charge in [0.25, 0.3) is 5.91 Å². The average molecular weight is 194 g/mol. The van der Waals surface area contributed by atoms with Crippen molar-refractivity contribution in [2.45, 2.75) is 32.1 Å². The summed E-state index contributed by atoms with van der Waals surface area (Å²) in [5.74, 6) is 1.44. The number of amides is 1. The first-order chi connectivity index (χ1) is 6.81. The lowest BCUT2D eigenvalue weighted by molar-refractivity contribution is 0.0943. The molecule has 0 aliphatic heterocycles. The van der Waals surface area contributed by atoms with Crippen LogP contribution in [0.2, 0.25) is 0 Å². The van der Waals surface area contributed by atoms with E-state index >= 15 is 0 Å². The Morgan fingerprint density at radius 3 is 3.07 bits per heavy atom. The maximum atomic E-state index is 11.4. The molecule has 1 aliphatic carbocycles. The van der Waals surface area contributed by atoms with Gasteiger partial charge in [0.2, 0.25) is 5.82 Å². The van der Waals surface area contributed by atoms with Gasteiger partial charge in [0.05, 0.1) is 0 Å². The lowest BCUT2D eigenvalue weighted by atomic mass is 10.4. The van der Waals surface area contributed by atoms with Crippen molar-refractivity contribution in [1.82, 2.24) is 20.5 Å². The van der Waals surface area contributed by atoms with Crippen molar-refractivity contribution in [3.8, 4) is 0 Å². The first kappa shape index (κ1) is 9.18. The zero-order valence-electron chi connectivity index (χ0n) is 8.21. The third-order valence-corrected chi connectivity index (χ3v) is 2.21. The van der Waals surface area contributed by atoms with Crippen molar-refractivity contribution in [3.63, 3.8) is 0 Å². The van der Waals surface area contributed by atoms with E-state index in [1.165, 1.54) is 0 Å². The maximum absolute atomic E-state index is 11.4. The average Bonchev–Trinajstić information content (AvgIpc) is 2.93. The van der Waals surface area contributed by atoms with E-state index in [4.69, 9.17) is 0 Å². The van der Waals surface area contributed by atoms with E-state index in [1.807, 2.05) is 6.92 Å². The van der Waals surface area contributed by atoms with Gasteiger partial charge in [-0.25, -0.2) is 4.98 Å². The lowest BCUT2D eigenvalue weighted by Gasteiger charge is -1.97. The summed E-state index contributed by atoms with van der Waals surface area (Å²) in [5, 5.41) is 9.42. The van der Waals surface area contributed by atoms with Crippen LogP contribution in [0.1, 0.15) is 48.5 Å². The predicted octanol–water partition coefficient (Wildman–Crippen LogP) is 0.822. The number of carbonyl (C=O) groups is 1. The Morgan fingerprint density at radius 1 is 1.64 bits per heavy atom. The molecule has 0 aromatic carbocycles. The molecule has 1 fully saturated rings. The van der Waals surface area contributed by atoms with Crippen molar-refractivity contribution in [2.75, 3.05) is 6.54 Å². The van der Waals surface area contributed by atoms with Crippen LogP contribution in [0.3, 0.4) is 0 Å². The van der Waals surface area contributed by atoms with Gasteiger partial charge in [-0.3, -0.25) is 9.89 Å². The molecule has 0 bridgehead atoms. The molecule has 1 heterocycles. The maximum Gasteiger partial charge on any atom is 0.290 e. The van der Waals surface area contributed by atoms with Crippen LogP contribution in [-0.4, -0.2) is 27.6 Å². The monoisotopic (exact) mass is 194 g/mol. The van der Waals surface area contributed by atoms with Gasteiger partial charge in [0.15, 0.2) is 0 Å². The molecule has 5 heteroatoms. The minimum absolute atomic E-state index is 0.185. The lowest BCUT2D eigenvalue weighted by Crippen LogP contribution is -2.25. The van der Waals surface area contributed by atoms with Crippen LogP contribution < -0.4 is 5.32 Å². The molecule has 1 aromatic heterocycles. The number of carbonyl (C=O) groups excluding carboxylic acids is 1. The van der Waals surface area contributed by atoms with Gasteiger partial charge >= 0.3 is 0 Å².